The first-order valence-corrected chi connectivity index (χ1v) is 5.41. The van der Waals surface area contributed by atoms with E-state index in [1.165, 1.54) is 12.8 Å². The van der Waals surface area contributed by atoms with Crippen molar-refractivity contribution in [1.29, 1.82) is 0 Å². The Morgan fingerprint density at radius 2 is 2.44 bits per heavy atom. The number of aromatic nitrogens is 3. The van der Waals surface area contributed by atoms with E-state index in [1.807, 2.05) is 12.3 Å². The van der Waals surface area contributed by atoms with Gasteiger partial charge in [0.2, 0.25) is 0 Å². The lowest BCUT2D eigenvalue weighted by Gasteiger charge is -2.04. The van der Waals surface area contributed by atoms with Gasteiger partial charge in [0.25, 0.3) is 5.91 Å². The molecule has 2 heterocycles. The molecule has 3 rings (SSSR count). The van der Waals surface area contributed by atoms with Crippen LogP contribution in [0.3, 0.4) is 0 Å². The van der Waals surface area contributed by atoms with Crippen molar-refractivity contribution in [2.75, 3.05) is 6.54 Å². The number of carbonyl (C=O) groups is 1. The van der Waals surface area contributed by atoms with Crippen molar-refractivity contribution >= 4 is 11.6 Å². The van der Waals surface area contributed by atoms with Crippen molar-refractivity contribution < 1.29 is 4.79 Å². The molecule has 1 saturated carbocycles. The molecule has 5 nitrogen and oxygen atoms in total. The minimum atomic E-state index is -0.0644. The van der Waals surface area contributed by atoms with Gasteiger partial charge in [0.05, 0.1) is 5.56 Å². The third-order valence-electron chi connectivity index (χ3n) is 2.82. The molecule has 16 heavy (non-hydrogen) atoms. The molecule has 0 unspecified atom stereocenters. The Balaban J connectivity index is 1.85. The second-order valence-electron chi connectivity index (χ2n) is 4.14. The summed E-state index contributed by atoms with van der Waals surface area (Å²) in [5, 5.41) is 10.6. The van der Waals surface area contributed by atoms with E-state index in [2.05, 4.69) is 15.5 Å². The summed E-state index contributed by atoms with van der Waals surface area (Å²) >= 11 is 0. The quantitative estimate of drug-likeness (QED) is 0.828. The summed E-state index contributed by atoms with van der Waals surface area (Å²) in [6.07, 6.45) is 5.88. The summed E-state index contributed by atoms with van der Waals surface area (Å²) in [7, 11) is 0. The molecule has 1 aliphatic rings. The van der Waals surface area contributed by atoms with E-state index < -0.39 is 0 Å². The van der Waals surface area contributed by atoms with Gasteiger partial charge in [-0.05, 0) is 30.9 Å². The molecule has 82 valence electrons. The maximum absolute atomic E-state index is 11.9. The zero-order chi connectivity index (χ0) is 11.0. The predicted octanol–water partition coefficient (Wildman–Crippen LogP) is 0.869. The zero-order valence-corrected chi connectivity index (χ0v) is 8.76. The Bertz CT molecular complexity index is 530. The molecule has 1 amide bonds. The van der Waals surface area contributed by atoms with Gasteiger partial charge in [-0.1, -0.05) is 0 Å². The van der Waals surface area contributed by atoms with Gasteiger partial charge in [0.15, 0.2) is 5.65 Å². The highest BCUT2D eigenvalue weighted by molar-refractivity contribution is 5.99. The normalized spacial score (nSPS) is 15.2. The Labute approximate surface area is 92.5 Å². The maximum Gasteiger partial charge on any atom is 0.255 e. The Morgan fingerprint density at radius 3 is 3.25 bits per heavy atom. The van der Waals surface area contributed by atoms with E-state index in [-0.39, 0.29) is 5.91 Å². The van der Waals surface area contributed by atoms with E-state index in [4.69, 9.17) is 0 Å². The van der Waals surface area contributed by atoms with E-state index in [9.17, 15) is 4.79 Å². The van der Waals surface area contributed by atoms with Crippen LogP contribution in [0.4, 0.5) is 0 Å². The number of hydrogen-bond acceptors (Lipinski definition) is 3. The second-order valence-corrected chi connectivity index (χ2v) is 4.14. The first-order chi connectivity index (χ1) is 7.84. The van der Waals surface area contributed by atoms with Gasteiger partial charge < -0.3 is 5.32 Å². The molecule has 1 aliphatic carbocycles. The lowest BCUT2D eigenvalue weighted by atomic mass is 10.2. The topological polar surface area (TPSA) is 59.3 Å². The average Bonchev–Trinajstić information content (AvgIpc) is 3.01. The molecule has 1 fully saturated rings. The second kappa shape index (κ2) is 3.59. The molecular weight excluding hydrogens is 204 g/mol. The number of nitrogens with one attached hydrogen (secondary N) is 1. The number of amides is 1. The fraction of sp³-hybridized carbons (Fsp3) is 0.364. The number of pyridine rings is 1. The highest BCUT2D eigenvalue weighted by Gasteiger charge is 2.22. The van der Waals surface area contributed by atoms with E-state index >= 15 is 0 Å². The van der Waals surface area contributed by atoms with E-state index in [1.54, 1.807) is 16.8 Å². The lowest BCUT2D eigenvalue weighted by Crippen LogP contribution is -2.26. The van der Waals surface area contributed by atoms with Crippen molar-refractivity contribution in [1.82, 2.24) is 19.9 Å². The monoisotopic (exact) mass is 216 g/mol. The largest absolute Gasteiger partial charge is 0.352 e. The molecule has 0 bridgehead atoms. The Kier molecular flexibility index (Phi) is 2.09. The summed E-state index contributed by atoms with van der Waals surface area (Å²) in [5.74, 6) is 0.618. The molecule has 0 saturated heterocycles. The van der Waals surface area contributed by atoms with Crippen LogP contribution in [0.1, 0.15) is 23.2 Å². The highest BCUT2D eigenvalue weighted by atomic mass is 16.1. The molecule has 2 aromatic rings. The van der Waals surface area contributed by atoms with Crippen molar-refractivity contribution in [3.8, 4) is 0 Å². The number of fused-ring (bicyclic) bond motifs is 1. The first kappa shape index (κ1) is 9.33. The molecule has 2 aromatic heterocycles. The molecule has 0 aromatic carbocycles. The van der Waals surface area contributed by atoms with E-state index in [0.29, 0.717) is 17.1 Å². The number of carbonyl (C=O) groups excluding carboxylic acids is 1. The van der Waals surface area contributed by atoms with Crippen molar-refractivity contribution in [2.45, 2.75) is 12.8 Å². The van der Waals surface area contributed by atoms with E-state index in [0.717, 1.165) is 6.54 Å². The number of hydrogen-bond donors (Lipinski definition) is 1. The van der Waals surface area contributed by atoms with Gasteiger partial charge in [-0.15, -0.1) is 10.2 Å². The van der Waals surface area contributed by atoms with Crippen LogP contribution in [0.2, 0.25) is 0 Å². The molecule has 0 aliphatic heterocycles. The SMILES string of the molecule is O=C(NCC1CC1)c1cccn2cnnc12. The van der Waals surface area contributed by atoms with Crippen LogP contribution in [-0.4, -0.2) is 27.0 Å². The average molecular weight is 216 g/mol. The minimum Gasteiger partial charge on any atom is -0.352 e. The Morgan fingerprint density at radius 1 is 1.56 bits per heavy atom. The fourth-order valence-electron chi connectivity index (χ4n) is 1.68. The Hall–Kier alpha value is -1.91. The predicted molar refractivity (Wildman–Crippen MR) is 58.0 cm³/mol. The molecule has 1 N–H and O–H groups in total. The summed E-state index contributed by atoms with van der Waals surface area (Å²) in [4.78, 5) is 11.9. The lowest BCUT2D eigenvalue weighted by molar-refractivity contribution is 0.0953. The van der Waals surface area contributed by atoms with Gasteiger partial charge in [-0.2, -0.15) is 0 Å². The first-order valence-electron chi connectivity index (χ1n) is 5.41. The maximum atomic E-state index is 11.9. The van der Waals surface area contributed by atoms with Crippen LogP contribution in [0, 0.1) is 5.92 Å². The summed E-state index contributed by atoms with van der Waals surface area (Å²) in [5.41, 5.74) is 1.19. The summed E-state index contributed by atoms with van der Waals surface area (Å²) in [6, 6.07) is 3.59. The standard InChI is InChI=1S/C11H12N4O/c16-11(12-6-8-3-4-8)9-2-1-5-15-7-13-14-10(9)15/h1-2,5,7-8H,3-4,6H2,(H,12,16). The van der Waals surface area contributed by atoms with Crippen LogP contribution in [-0.2, 0) is 0 Å². The van der Waals surface area contributed by atoms with Crippen molar-refractivity contribution in [3.05, 3.63) is 30.2 Å². The molecule has 5 heteroatoms. The third kappa shape index (κ3) is 1.64. The van der Waals surface area contributed by atoms with Gasteiger partial charge in [-0.25, -0.2) is 0 Å². The molecule has 0 spiro atoms. The van der Waals surface area contributed by atoms with Crippen LogP contribution >= 0.6 is 0 Å². The molecule has 0 atom stereocenters. The fourth-order valence-corrected chi connectivity index (χ4v) is 1.68. The highest BCUT2D eigenvalue weighted by Crippen LogP contribution is 2.27. The van der Waals surface area contributed by atoms with Gasteiger partial charge in [-0.3, -0.25) is 9.20 Å². The molecule has 0 radical (unpaired) electrons. The van der Waals surface area contributed by atoms with Crippen molar-refractivity contribution in [3.63, 3.8) is 0 Å². The van der Waals surface area contributed by atoms with Gasteiger partial charge >= 0.3 is 0 Å². The minimum absolute atomic E-state index is 0.0644. The summed E-state index contributed by atoms with van der Waals surface area (Å²) < 4.78 is 1.74. The van der Waals surface area contributed by atoms with Crippen molar-refractivity contribution in [2.24, 2.45) is 5.92 Å². The third-order valence-corrected chi connectivity index (χ3v) is 2.82. The smallest absolute Gasteiger partial charge is 0.255 e. The number of nitrogens with zero attached hydrogens (tertiary/aromatic N) is 3. The zero-order valence-electron chi connectivity index (χ0n) is 8.76. The molecular formula is C11H12N4O. The van der Waals surface area contributed by atoms with Crippen LogP contribution in [0.5, 0.6) is 0 Å². The van der Waals surface area contributed by atoms with Crippen LogP contribution < -0.4 is 5.32 Å². The summed E-state index contributed by atoms with van der Waals surface area (Å²) in [6.45, 7) is 0.772. The number of rotatable bonds is 3. The van der Waals surface area contributed by atoms with Crippen LogP contribution in [0.15, 0.2) is 24.7 Å². The van der Waals surface area contributed by atoms with Gasteiger partial charge in [0.1, 0.15) is 6.33 Å². The van der Waals surface area contributed by atoms with Gasteiger partial charge in [0, 0.05) is 12.7 Å². The van der Waals surface area contributed by atoms with Crippen LogP contribution in [0.25, 0.3) is 5.65 Å².